The fraction of sp³-hybridized carbons (Fsp3) is 0.519. The molecule has 1 aliphatic carbocycles. The monoisotopic (exact) mass is 438 g/mol. The predicted octanol–water partition coefficient (Wildman–Crippen LogP) is 6.34. The first-order valence-electron chi connectivity index (χ1n) is 11.6. The predicted molar refractivity (Wildman–Crippen MR) is 130 cm³/mol. The zero-order chi connectivity index (χ0) is 23.0. The molecule has 0 saturated heterocycles. The van der Waals surface area contributed by atoms with E-state index in [1.165, 1.54) is 12.8 Å². The van der Waals surface area contributed by atoms with E-state index in [-0.39, 0.29) is 6.04 Å². The summed E-state index contributed by atoms with van der Waals surface area (Å²) in [5, 5.41) is 2.07. The van der Waals surface area contributed by atoms with Crippen LogP contribution in [0.15, 0.2) is 55.3 Å². The van der Waals surface area contributed by atoms with E-state index in [1.807, 2.05) is 30.5 Å². The van der Waals surface area contributed by atoms with Crippen LogP contribution in [0.25, 0.3) is 0 Å². The third kappa shape index (κ3) is 6.33. The molecule has 174 valence electrons. The number of benzene rings is 1. The van der Waals surface area contributed by atoms with Crippen LogP contribution in [0, 0.1) is 11.3 Å². The number of methoxy groups -OCH3 is 1. The number of hydroxylamine groups is 1. The zero-order valence-corrected chi connectivity index (χ0v) is 20.0. The highest BCUT2D eigenvalue weighted by atomic mass is 16.7. The summed E-state index contributed by atoms with van der Waals surface area (Å²) in [6, 6.07) is 12.6. The first-order chi connectivity index (χ1) is 15.4. The van der Waals surface area contributed by atoms with Crippen LogP contribution in [-0.2, 0) is 22.8 Å². The van der Waals surface area contributed by atoms with Crippen LogP contribution in [0.5, 0.6) is 5.75 Å². The Morgan fingerprint density at radius 2 is 1.78 bits per heavy atom. The van der Waals surface area contributed by atoms with Gasteiger partial charge in [-0.1, -0.05) is 57.2 Å². The van der Waals surface area contributed by atoms with Gasteiger partial charge in [-0.05, 0) is 48.6 Å². The summed E-state index contributed by atoms with van der Waals surface area (Å²) in [6.07, 6.45) is 8.11. The third-order valence-corrected chi connectivity index (χ3v) is 6.34. The fourth-order valence-corrected chi connectivity index (χ4v) is 4.48. The number of anilines is 1. The first kappa shape index (κ1) is 24.3. The van der Waals surface area contributed by atoms with Crippen LogP contribution in [0.4, 0.5) is 5.69 Å². The number of nitrogens with zero attached hydrogens (tertiary/aromatic N) is 2. The van der Waals surface area contributed by atoms with Crippen LogP contribution >= 0.6 is 0 Å². The van der Waals surface area contributed by atoms with Crippen LogP contribution in [0.2, 0.25) is 0 Å². The molecule has 0 unspecified atom stereocenters. The molecule has 0 amide bonds. The summed E-state index contributed by atoms with van der Waals surface area (Å²) < 4.78 is 11.5. The lowest BCUT2D eigenvalue weighted by Crippen LogP contribution is -2.40. The lowest BCUT2D eigenvalue weighted by molar-refractivity contribution is 0.0493. The molecule has 0 N–H and O–H groups in total. The number of ether oxygens (including phenoxy) is 2. The number of hydrogen-bond donors (Lipinski definition) is 0. The number of rotatable bonds is 10. The molecule has 2 aromatic rings. The Balaban J connectivity index is 1.85. The van der Waals surface area contributed by atoms with Crippen molar-refractivity contribution in [1.82, 2.24) is 4.98 Å². The van der Waals surface area contributed by atoms with E-state index in [4.69, 9.17) is 14.3 Å². The summed E-state index contributed by atoms with van der Waals surface area (Å²) in [5.41, 5.74) is 3.16. The molecule has 3 rings (SSSR count). The molecule has 1 aromatic heterocycles. The van der Waals surface area contributed by atoms with Crippen molar-refractivity contribution < 1.29 is 14.3 Å². The van der Waals surface area contributed by atoms with Gasteiger partial charge in [0.15, 0.2) is 5.75 Å². The van der Waals surface area contributed by atoms with Crippen molar-refractivity contribution in [3.8, 4) is 5.75 Å². The molecule has 5 heteroatoms. The van der Waals surface area contributed by atoms with Crippen molar-refractivity contribution in [3.63, 3.8) is 0 Å². The molecule has 1 aliphatic rings. The molecule has 0 aliphatic heterocycles. The molecule has 1 saturated carbocycles. The lowest BCUT2D eigenvalue weighted by atomic mass is 9.71. The molecule has 1 aromatic carbocycles. The molecule has 0 bridgehead atoms. The van der Waals surface area contributed by atoms with Crippen molar-refractivity contribution in [3.05, 3.63) is 66.5 Å². The summed E-state index contributed by atoms with van der Waals surface area (Å²) >= 11 is 0. The van der Waals surface area contributed by atoms with E-state index in [9.17, 15) is 0 Å². The highest BCUT2D eigenvalue weighted by Gasteiger charge is 2.34. The maximum Gasteiger partial charge on any atom is 0.168 e. The Morgan fingerprint density at radius 1 is 1.06 bits per heavy atom. The quantitative estimate of drug-likeness (QED) is 0.246. The maximum absolute atomic E-state index is 6.47. The van der Waals surface area contributed by atoms with E-state index in [0.717, 1.165) is 35.7 Å². The van der Waals surface area contributed by atoms with E-state index in [1.54, 1.807) is 13.2 Å². The Bertz CT molecular complexity index is 840. The SMILES string of the molecule is C=CCOCc1nccc(N(OCc2ccccc2)C2CCC(C(C)(C)C)CC2)c1OC. The van der Waals surface area contributed by atoms with Crippen LogP contribution in [0.3, 0.4) is 0 Å². The molecule has 0 radical (unpaired) electrons. The van der Waals surface area contributed by atoms with Gasteiger partial charge in [-0.15, -0.1) is 6.58 Å². The van der Waals surface area contributed by atoms with Gasteiger partial charge in [0, 0.05) is 6.20 Å². The van der Waals surface area contributed by atoms with Gasteiger partial charge in [-0.2, -0.15) is 0 Å². The standard InChI is InChI=1S/C27H38N2O3/c1-6-18-31-20-24-26(30-5)25(16-17-28-24)29(32-19-21-10-8-7-9-11-21)23-14-12-22(13-15-23)27(2,3)4/h6-11,16-17,22-23H,1,12-15,18-20H2,2-5H3. The Morgan fingerprint density at radius 3 is 2.41 bits per heavy atom. The third-order valence-electron chi connectivity index (χ3n) is 6.34. The molecule has 5 nitrogen and oxygen atoms in total. The van der Waals surface area contributed by atoms with Gasteiger partial charge < -0.3 is 9.47 Å². The molecular formula is C27H38N2O3. The Labute approximate surface area is 193 Å². The maximum atomic E-state index is 6.47. The molecule has 32 heavy (non-hydrogen) atoms. The minimum absolute atomic E-state index is 0.288. The van der Waals surface area contributed by atoms with Gasteiger partial charge in [-0.3, -0.25) is 9.82 Å². The van der Waals surface area contributed by atoms with E-state index in [0.29, 0.717) is 31.0 Å². The second-order valence-electron chi connectivity index (χ2n) is 9.57. The second-order valence-corrected chi connectivity index (χ2v) is 9.57. The fourth-order valence-electron chi connectivity index (χ4n) is 4.48. The number of pyridine rings is 1. The van der Waals surface area contributed by atoms with Crippen molar-refractivity contribution in [2.75, 3.05) is 18.8 Å². The molecule has 0 atom stereocenters. The molecule has 1 fully saturated rings. The summed E-state index contributed by atoms with van der Waals surface area (Å²) in [4.78, 5) is 11.0. The van der Waals surface area contributed by atoms with Crippen LogP contribution in [0.1, 0.15) is 57.7 Å². The topological polar surface area (TPSA) is 43.8 Å². The summed E-state index contributed by atoms with van der Waals surface area (Å²) in [6.45, 7) is 12.1. The Kier molecular flexibility index (Phi) is 8.71. The smallest absolute Gasteiger partial charge is 0.168 e. The molecular weight excluding hydrogens is 400 g/mol. The minimum Gasteiger partial charge on any atom is -0.492 e. The van der Waals surface area contributed by atoms with Gasteiger partial charge in [0.05, 0.1) is 33.0 Å². The highest BCUT2D eigenvalue weighted by molar-refractivity contribution is 5.59. The van der Waals surface area contributed by atoms with Crippen molar-refractivity contribution >= 4 is 5.69 Å². The van der Waals surface area contributed by atoms with Crippen LogP contribution < -0.4 is 9.80 Å². The second kappa shape index (κ2) is 11.5. The van der Waals surface area contributed by atoms with E-state index < -0.39 is 0 Å². The van der Waals surface area contributed by atoms with E-state index >= 15 is 0 Å². The first-order valence-corrected chi connectivity index (χ1v) is 11.6. The average molecular weight is 439 g/mol. The normalized spacial score (nSPS) is 18.9. The summed E-state index contributed by atoms with van der Waals surface area (Å²) in [7, 11) is 1.68. The highest BCUT2D eigenvalue weighted by Crippen LogP contribution is 2.42. The van der Waals surface area contributed by atoms with Crippen LogP contribution in [-0.4, -0.2) is 24.7 Å². The van der Waals surface area contributed by atoms with Gasteiger partial charge >= 0.3 is 0 Å². The zero-order valence-electron chi connectivity index (χ0n) is 20.0. The lowest BCUT2D eigenvalue weighted by Gasteiger charge is -2.41. The van der Waals surface area contributed by atoms with Gasteiger partial charge in [0.25, 0.3) is 0 Å². The van der Waals surface area contributed by atoms with Gasteiger partial charge in [-0.25, -0.2) is 5.06 Å². The van der Waals surface area contributed by atoms with Gasteiger partial charge in [0.2, 0.25) is 0 Å². The molecule has 0 spiro atoms. The van der Waals surface area contributed by atoms with E-state index in [2.05, 4.69) is 49.5 Å². The average Bonchev–Trinajstić information content (AvgIpc) is 2.80. The Hall–Kier alpha value is -2.37. The largest absolute Gasteiger partial charge is 0.492 e. The van der Waals surface area contributed by atoms with Gasteiger partial charge in [0.1, 0.15) is 11.4 Å². The minimum atomic E-state index is 0.288. The van der Waals surface area contributed by atoms with Crippen molar-refractivity contribution in [2.45, 2.75) is 65.7 Å². The number of hydrogen-bond acceptors (Lipinski definition) is 5. The van der Waals surface area contributed by atoms with Crippen molar-refractivity contribution in [2.24, 2.45) is 11.3 Å². The van der Waals surface area contributed by atoms with Crippen molar-refractivity contribution in [1.29, 1.82) is 0 Å². The number of aromatic nitrogens is 1. The summed E-state index contributed by atoms with van der Waals surface area (Å²) in [5.74, 6) is 1.44. The molecule has 1 heterocycles.